The van der Waals surface area contributed by atoms with Crippen molar-refractivity contribution in [3.8, 4) is 0 Å². The average Bonchev–Trinajstić information content (AvgIpc) is 2.07. The predicted molar refractivity (Wildman–Crippen MR) is 60.8 cm³/mol. The van der Waals surface area contributed by atoms with E-state index in [4.69, 9.17) is 9.47 Å². The molecule has 0 aliphatic heterocycles. The average molecular weight is 230 g/mol. The van der Waals surface area contributed by atoms with Crippen LogP contribution in [0, 0.1) is 10.8 Å². The summed E-state index contributed by atoms with van der Waals surface area (Å²) in [4.78, 5) is 22.4. The molecule has 0 bridgehead atoms. The summed E-state index contributed by atoms with van der Waals surface area (Å²) in [7, 11) is 0. The molecule has 16 heavy (non-hydrogen) atoms. The van der Waals surface area contributed by atoms with Gasteiger partial charge in [0.2, 0.25) is 0 Å². The van der Waals surface area contributed by atoms with E-state index >= 15 is 0 Å². The maximum absolute atomic E-state index is 11.2. The van der Waals surface area contributed by atoms with Gasteiger partial charge in [0.05, 0.1) is 13.2 Å². The number of carbonyl (C=O) groups is 2. The molecule has 0 fully saturated rings. The fourth-order valence-electron chi connectivity index (χ4n) is 0.682. The van der Waals surface area contributed by atoms with E-state index in [0.29, 0.717) is 0 Å². The van der Waals surface area contributed by atoms with Crippen LogP contribution in [0.3, 0.4) is 0 Å². The van der Waals surface area contributed by atoms with Crippen LogP contribution in [-0.4, -0.2) is 25.2 Å². The van der Waals surface area contributed by atoms with Crippen LogP contribution in [0.15, 0.2) is 0 Å². The Kier molecular flexibility index (Phi) is 4.97. The van der Waals surface area contributed by atoms with Gasteiger partial charge in [0.15, 0.2) is 0 Å². The smallest absolute Gasteiger partial charge is 0.417 e. The number of esters is 2. The summed E-state index contributed by atoms with van der Waals surface area (Å²) in [5.74, 6) is -1.83. The van der Waals surface area contributed by atoms with E-state index in [1.807, 2.05) is 41.5 Å². The van der Waals surface area contributed by atoms with Gasteiger partial charge in [-0.1, -0.05) is 41.5 Å². The summed E-state index contributed by atoms with van der Waals surface area (Å²) in [6.45, 7) is 11.9. The van der Waals surface area contributed by atoms with E-state index in [1.165, 1.54) is 0 Å². The predicted octanol–water partition coefficient (Wildman–Crippen LogP) is 2.17. The Bertz CT molecular complexity index is 227. The van der Waals surface area contributed by atoms with Crippen LogP contribution in [0.2, 0.25) is 0 Å². The lowest BCUT2D eigenvalue weighted by molar-refractivity contribution is -0.170. The first-order valence-corrected chi connectivity index (χ1v) is 5.35. The summed E-state index contributed by atoms with van der Waals surface area (Å²) in [6, 6.07) is 0. The molecule has 0 radical (unpaired) electrons. The van der Waals surface area contributed by atoms with Crippen LogP contribution in [-0.2, 0) is 19.1 Å². The monoisotopic (exact) mass is 230 g/mol. The lowest BCUT2D eigenvalue weighted by Gasteiger charge is -2.19. The normalized spacial score (nSPS) is 12.1. The third-order valence-corrected chi connectivity index (χ3v) is 1.44. The van der Waals surface area contributed by atoms with Crippen molar-refractivity contribution in [2.24, 2.45) is 10.8 Å². The Labute approximate surface area is 97.3 Å². The van der Waals surface area contributed by atoms with Gasteiger partial charge in [-0.05, 0) is 10.8 Å². The first-order chi connectivity index (χ1) is 7.01. The number of carbonyl (C=O) groups excluding carboxylic acids is 2. The third kappa shape index (κ3) is 8.26. The van der Waals surface area contributed by atoms with Crippen molar-refractivity contribution in [1.82, 2.24) is 0 Å². The zero-order valence-electron chi connectivity index (χ0n) is 11.0. The first kappa shape index (κ1) is 14.9. The van der Waals surface area contributed by atoms with Gasteiger partial charge in [-0.2, -0.15) is 0 Å². The lowest BCUT2D eigenvalue weighted by Crippen LogP contribution is -2.28. The van der Waals surface area contributed by atoms with Crippen LogP contribution in [0.5, 0.6) is 0 Å². The van der Waals surface area contributed by atoms with E-state index < -0.39 is 11.9 Å². The van der Waals surface area contributed by atoms with Crippen molar-refractivity contribution < 1.29 is 19.1 Å². The Morgan fingerprint density at radius 3 is 1.19 bits per heavy atom. The molecule has 0 aromatic heterocycles. The molecule has 0 N–H and O–H groups in total. The van der Waals surface area contributed by atoms with E-state index in [0.717, 1.165) is 0 Å². The van der Waals surface area contributed by atoms with E-state index in [9.17, 15) is 9.59 Å². The molecule has 0 aliphatic carbocycles. The van der Waals surface area contributed by atoms with Crippen LogP contribution >= 0.6 is 0 Å². The van der Waals surface area contributed by atoms with Crippen LogP contribution in [0.25, 0.3) is 0 Å². The molecular weight excluding hydrogens is 208 g/mol. The van der Waals surface area contributed by atoms with Crippen molar-refractivity contribution in [2.75, 3.05) is 13.2 Å². The van der Waals surface area contributed by atoms with Gasteiger partial charge in [-0.3, -0.25) is 0 Å². The van der Waals surface area contributed by atoms with E-state index in [2.05, 4.69) is 0 Å². The Morgan fingerprint density at radius 1 is 0.750 bits per heavy atom. The molecule has 0 unspecified atom stereocenters. The van der Waals surface area contributed by atoms with E-state index in [-0.39, 0.29) is 24.0 Å². The Balaban J connectivity index is 3.97. The van der Waals surface area contributed by atoms with Gasteiger partial charge in [-0.25, -0.2) is 9.59 Å². The van der Waals surface area contributed by atoms with Crippen molar-refractivity contribution in [2.45, 2.75) is 41.5 Å². The molecule has 0 heterocycles. The first-order valence-electron chi connectivity index (χ1n) is 5.35. The summed E-state index contributed by atoms with van der Waals surface area (Å²) in [6.07, 6.45) is 0. The van der Waals surface area contributed by atoms with Crippen molar-refractivity contribution in [3.63, 3.8) is 0 Å². The SMILES string of the molecule is CC(C)(C)COC(=O)C(=O)OCC(C)(C)C. The molecule has 0 saturated carbocycles. The Morgan fingerprint density at radius 2 is 1.00 bits per heavy atom. The molecular formula is C12H22O4. The van der Waals surface area contributed by atoms with Crippen molar-refractivity contribution in [1.29, 1.82) is 0 Å². The molecule has 0 rings (SSSR count). The minimum atomic E-state index is -0.917. The molecule has 0 atom stereocenters. The highest BCUT2D eigenvalue weighted by Gasteiger charge is 2.23. The van der Waals surface area contributed by atoms with Gasteiger partial charge >= 0.3 is 11.9 Å². The van der Waals surface area contributed by atoms with Gasteiger partial charge in [-0.15, -0.1) is 0 Å². The topological polar surface area (TPSA) is 52.6 Å². The standard InChI is InChI=1S/C12H22O4/c1-11(2,3)7-15-9(13)10(14)16-8-12(4,5)6/h7-8H2,1-6H3. The van der Waals surface area contributed by atoms with Gasteiger partial charge in [0.25, 0.3) is 0 Å². The maximum atomic E-state index is 11.2. The second-order valence-corrected chi connectivity index (χ2v) is 6.27. The molecule has 94 valence electrons. The summed E-state index contributed by atoms with van der Waals surface area (Å²) in [5, 5.41) is 0. The highest BCUT2D eigenvalue weighted by Crippen LogP contribution is 2.14. The fraction of sp³-hybridized carbons (Fsp3) is 0.833. The minimum absolute atomic E-state index is 0.153. The molecule has 0 saturated heterocycles. The molecule has 4 heteroatoms. The van der Waals surface area contributed by atoms with E-state index in [1.54, 1.807) is 0 Å². The zero-order chi connectivity index (χ0) is 13.0. The molecule has 0 spiro atoms. The molecule has 0 aromatic carbocycles. The highest BCUT2D eigenvalue weighted by molar-refractivity contribution is 6.29. The van der Waals surface area contributed by atoms with Crippen LogP contribution < -0.4 is 0 Å². The fourth-order valence-corrected chi connectivity index (χ4v) is 0.682. The molecule has 0 amide bonds. The second kappa shape index (κ2) is 5.32. The minimum Gasteiger partial charge on any atom is -0.457 e. The quantitative estimate of drug-likeness (QED) is 0.539. The number of hydrogen-bond acceptors (Lipinski definition) is 4. The number of hydrogen-bond donors (Lipinski definition) is 0. The summed E-state index contributed by atoms with van der Waals surface area (Å²) in [5.41, 5.74) is -0.306. The highest BCUT2D eigenvalue weighted by atomic mass is 16.6. The largest absolute Gasteiger partial charge is 0.457 e. The van der Waals surface area contributed by atoms with Crippen molar-refractivity contribution in [3.05, 3.63) is 0 Å². The Hall–Kier alpha value is -1.06. The summed E-state index contributed by atoms with van der Waals surface area (Å²) < 4.78 is 9.64. The number of rotatable bonds is 2. The third-order valence-electron chi connectivity index (χ3n) is 1.44. The zero-order valence-corrected chi connectivity index (χ0v) is 11.0. The molecule has 4 nitrogen and oxygen atoms in total. The van der Waals surface area contributed by atoms with Gasteiger partial charge in [0, 0.05) is 0 Å². The molecule has 0 aliphatic rings. The van der Waals surface area contributed by atoms with Crippen LogP contribution in [0.4, 0.5) is 0 Å². The van der Waals surface area contributed by atoms with Crippen LogP contribution in [0.1, 0.15) is 41.5 Å². The van der Waals surface area contributed by atoms with Crippen molar-refractivity contribution >= 4 is 11.9 Å². The van der Waals surface area contributed by atoms with Gasteiger partial charge < -0.3 is 9.47 Å². The molecule has 0 aromatic rings. The maximum Gasteiger partial charge on any atom is 0.417 e. The second-order valence-electron chi connectivity index (χ2n) is 6.27. The number of ether oxygens (including phenoxy) is 2. The lowest BCUT2D eigenvalue weighted by atomic mass is 9.98. The van der Waals surface area contributed by atoms with Gasteiger partial charge in [0.1, 0.15) is 0 Å². The summed E-state index contributed by atoms with van der Waals surface area (Å²) >= 11 is 0.